The number of ether oxygens (including phenoxy) is 2. The fourth-order valence-corrected chi connectivity index (χ4v) is 10.4. The molecule has 5 rings (SSSR count). The van der Waals surface area contributed by atoms with Crippen LogP contribution in [0.5, 0.6) is 0 Å². The maximum atomic E-state index is 12.8. The summed E-state index contributed by atoms with van der Waals surface area (Å²) in [4.78, 5) is 49.1. The third-order valence-electron chi connectivity index (χ3n) is 13.1. The van der Waals surface area contributed by atoms with Crippen LogP contribution in [-0.4, -0.2) is 49.5 Å². The predicted octanol–water partition coefficient (Wildman–Crippen LogP) is 5.44. The molecular weight excluding hydrogens is 594 g/mol. The summed E-state index contributed by atoms with van der Waals surface area (Å²) in [6.45, 7) is 5.16. The number of fused-ring (bicyclic) bond motifs is 5. The second-order valence-corrected chi connectivity index (χ2v) is 15.5. The molecule has 9 heteroatoms. The molecule has 9 nitrogen and oxygen atoms in total. The molecule has 4 fully saturated rings. The van der Waals surface area contributed by atoms with Crippen molar-refractivity contribution >= 4 is 23.8 Å². The summed E-state index contributed by atoms with van der Waals surface area (Å²) >= 11 is 0. The Hall–Kier alpha value is -2.94. The van der Waals surface area contributed by atoms with Gasteiger partial charge in [-0.2, -0.15) is 0 Å². The molecule has 4 saturated carbocycles. The maximum Gasteiger partial charge on any atom is 0.306 e. The Morgan fingerprint density at radius 1 is 0.915 bits per heavy atom. The van der Waals surface area contributed by atoms with Crippen molar-refractivity contribution in [1.82, 2.24) is 10.6 Å². The van der Waals surface area contributed by atoms with E-state index in [1.807, 2.05) is 30.3 Å². The van der Waals surface area contributed by atoms with Gasteiger partial charge in [0.2, 0.25) is 11.8 Å². The lowest BCUT2D eigenvalue weighted by molar-refractivity contribution is -0.145. The van der Waals surface area contributed by atoms with E-state index in [0.717, 1.165) is 55.4 Å². The average molecular weight is 652 g/mol. The Kier molecular flexibility index (Phi) is 11.7. The summed E-state index contributed by atoms with van der Waals surface area (Å²) in [7, 11) is 1.48. The van der Waals surface area contributed by atoms with Crippen molar-refractivity contribution in [3.63, 3.8) is 0 Å². The number of rotatable bonds is 13. The van der Waals surface area contributed by atoms with E-state index in [1.54, 1.807) is 0 Å². The zero-order valence-electron chi connectivity index (χ0n) is 28.8. The number of hydrogen-bond donors (Lipinski definition) is 3. The highest BCUT2D eigenvalue weighted by Crippen LogP contribution is 2.67. The van der Waals surface area contributed by atoms with Gasteiger partial charge in [0.1, 0.15) is 6.61 Å². The molecule has 0 radical (unpaired) electrons. The van der Waals surface area contributed by atoms with E-state index < -0.39 is 17.9 Å². The van der Waals surface area contributed by atoms with Crippen molar-refractivity contribution in [3.05, 3.63) is 35.9 Å². The molecule has 0 aromatic heterocycles. The van der Waals surface area contributed by atoms with Crippen molar-refractivity contribution in [3.8, 4) is 0 Å². The van der Waals surface area contributed by atoms with Crippen molar-refractivity contribution < 1.29 is 28.7 Å². The van der Waals surface area contributed by atoms with Gasteiger partial charge in [-0.05, 0) is 123 Å². The highest BCUT2D eigenvalue weighted by atomic mass is 16.5. The zero-order chi connectivity index (χ0) is 33.6. The molecule has 2 amide bonds. The van der Waals surface area contributed by atoms with Gasteiger partial charge in [0.15, 0.2) is 0 Å². The molecule has 1 aromatic carbocycles. The van der Waals surface area contributed by atoms with Gasteiger partial charge in [-0.25, -0.2) is 0 Å². The van der Waals surface area contributed by atoms with Gasteiger partial charge in [-0.3, -0.25) is 19.2 Å². The van der Waals surface area contributed by atoms with Crippen LogP contribution in [0.25, 0.3) is 0 Å². The second kappa shape index (κ2) is 15.5. The van der Waals surface area contributed by atoms with Crippen molar-refractivity contribution in [1.29, 1.82) is 0 Å². The minimum atomic E-state index is -0.884. The largest absolute Gasteiger partial charge is 0.469 e. The van der Waals surface area contributed by atoms with E-state index in [-0.39, 0.29) is 43.9 Å². The monoisotopic (exact) mass is 651 g/mol. The Morgan fingerprint density at radius 2 is 1.66 bits per heavy atom. The topological polar surface area (TPSA) is 137 Å². The van der Waals surface area contributed by atoms with E-state index >= 15 is 0 Å². The highest BCUT2D eigenvalue weighted by molar-refractivity contribution is 5.87. The molecule has 9 atom stereocenters. The van der Waals surface area contributed by atoms with E-state index in [4.69, 9.17) is 15.2 Å². The molecule has 0 heterocycles. The van der Waals surface area contributed by atoms with Crippen LogP contribution in [0.1, 0.15) is 109 Å². The van der Waals surface area contributed by atoms with Crippen LogP contribution in [0.2, 0.25) is 0 Å². The summed E-state index contributed by atoms with van der Waals surface area (Å²) in [5.41, 5.74) is 7.61. The van der Waals surface area contributed by atoms with Gasteiger partial charge in [0.25, 0.3) is 0 Å². The fourth-order valence-electron chi connectivity index (χ4n) is 10.4. The lowest BCUT2D eigenvalue weighted by atomic mass is 9.44. The summed E-state index contributed by atoms with van der Waals surface area (Å²) in [6.07, 6.45) is 13.6. The molecular formula is C38H57N3O6. The number of benzene rings is 1. The minimum absolute atomic E-state index is 0.0370. The molecule has 1 aromatic rings. The summed E-state index contributed by atoms with van der Waals surface area (Å²) in [5.74, 6) is 2.52. The normalized spacial score (nSPS) is 33.4. The van der Waals surface area contributed by atoms with Crippen LogP contribution in [-0.2, 0) is 35.3 Å². The molecule has 260 valence electrons. The number of carbonyl (C=O) groups is 4. The lowest BCUT2D eigenvalue weighted by Crippen LogP contribution is -2.56. The summed E-state index contributed by atoms with van der Waals surface area (Å²) in [5, 5.41) is 5.85. The van der Waals surface area contributed by atoms with Gasteiger partial charge in [0, 0.05) is 18.9 Å². The van der Waals surface area contributed by atoms with E-state index in [2.05, 4.69) is 24.5 Å². The number of carbonyl (C=O) groups excluding carboxylic acids is 4. The number of amides is 2. The first-order valence-electron chi connectivity index (χ1n) is 18.1. The molecule has 4 N–H and O–H groups in total. The molecule has 4 aliphatic carbocycles. The predicted molar refractivity (Wildman–Crippen MR) is 179 cm³/mol. The number of hydrogen-bond acceptors (Lipinski definition) is 7. The fraction of sp³-hybridized carbons (Fsp3) is 0.737. The Morgan fingerprint density at radius 3 is 2.43 bits per heavy atom. The number of nitrogens with one attached hydrogen (secondary N) is 2. The Labute approximate surface area is 280 Å². The van der Waals surface area contributed by atoms with Crippen LogP contribution < -0.4 is 16.4 Å². The van der Waals surface area contributed by atoms with Gasteiger partial charge < -0.3 is 25.8 Å². The smallest absolute Gasteiger partial charge is 0.306 e. The molecule has 4 aliphatic rings. The molecule has 0 saturated heterocycles. The molecule has 0 bridgehead atoms. The van der Waals surface area contributed by atoms with E-state index in [1.165, 1.54) is 45.6 Å². The average Bonchev–Trinajstić information content (AvgIpc) is 3.41. The third kappa shape index (κ3) is 8.21. The van der Waals surface area contributed by atoms with Crippen LogP contribution in [0.3, 0.4) is 0 Å². The van der Waals surface area contributed by atoms with Gasteiger partial charge in [0.05, 0.1) is 19.7 Å². The summed E-state index contributed by atoms with van der Waals surface area (Å²) < 4.78 is 10.1. The van der Waals surface area contributed by atoms with Crippen molar-refractivity contribution in [2.24, 2.45) is 46.2 Å². The van der Waals surface area contributed by atoms with Gasteiger partial charge in [-0.1, -0.05) is 44.2 Å². The number of methoxy groups -OCH3 is 1. The van der Waals surface area contributed by atoms with Crippen LogP contribution in [0, 0.1) is 40.4 Å². The maximum absolute atomic E-state index is 12.8. The van der Waals surface area contributed by atoms with Crippen LogP contribution in [0.15, 0.2) is 30.3 Å². The van der Waals surface area contributed by atoms with Gasteiger partial charge in [-0.15, -0.1) is 0 Å². The summed E-state index contributed by atoms with van der Waals surface area (Å²) in [6, 6.07) is 8.66. The zero-order valence-corrected chi connectivity index (χ0v) is 28.8. The lowest BCUT2D eigenvalue weighted by Gasteiger charge is -2.61. The third-order valence-corrected chi connectivity index (χ3v) is 13.1. The highest BCUT2D eigenvalue weighted by Gasteiger charge is 2.59. The Balaban J connectivity index is 1.03. The van der Waals surface area contributed by atoms with Crippen LogP contribution in [0.4, 0.5) is 0 Å². The first-order chi connectivity index (χ1) is 22.5. The molecule has 9 unspecified atom stereocenters. The SMILES string of the molecule is COC(=O)CCCC1CCC2C3CCC4CC(NC(=O)CNC(=O)C(N)CCC(=O)OCc5ccccc5)CCC4(C)C3CCC12C. The first-order valence-corrected chi connectivity index (χ1v) is 18.1. The first kappa shape index (κ1) is 35.4. The number of esters is 2. The van der Waals surface area contributed by atoms with Gasteiger partial charge >= 0.3 is 11.9 Å². The van der Waals surface area contributed by atoms with Crippen molar-refractivity contribution in [2.75, 3.05) is 13.7 Å². The molecule has 47 heavy (non-hydrogen) atoms. The van der Waals surface area contributed by atoms with Crippen molar-refractivity contribution in [2.45, 2.75) is 122 Å². The van der Waals surface area contributed by atoms with E-state index in [0.29, 0.717) is 29.1 Å². The quantitative estimate of drug-likeness (QED) is 0.242. The molecule has 0 aliphatic heterocycles. The van der Waals surface area contributed by atoms with E-state index in [9.17, 15) is 19.2 Å². The number of nitrogens with two attached hydrogens (primary N) is 1. The Bertz CT molecular complexity index is 1260. The molecule has 0 spiro atoms. The minimum Gasteiger partial charge on any atom is -0.469 e. The van der Waals surface area contributed by atoms with Crippen LogP contribution >= 0.6 is 0 Å². The standard InChI is InChI=1S/C38H57N3O6/c1-37-21-19-31-29(30(37)15-13-26(37)10-7-11-34(43)46-3)14-12-27-22-28(18-20-38(27,31)2)41-33(42)23-40-36(45)32(39)16-17-35(44)47-24-25-8-5-4-6-9-25/h4-6,8-9,26-32H,7,10-24,39H2,1-3H3,(H,40,45)(H,41,42). The second-order valence-electron chi connectivity index (χ2n) is 15.5.